The molecule has 2 bridgehead atoms. The van der Waals surface area contributed by atoms with Crippen LogP contribution in [0.25, 0.3) is 0 Å². The number of fused-ring (bicyclic) bond motifs is 2. The zero-order valence-corrected chi connectivity index (χ0v) is 13.1. The summed E-state index contributed by atoms with van der Waals surface area (Å²) < 4.78 is 11.6. The highest BCUT2D eigenvalue weighted by Crippen LogP contribution is 2.66. The molecule has 116 valence electrons. The van der Waals surface area contributed by atoms with Crippen molar-refractivity contribution < 1.29 is 9.47 Å². The summed E-state index contributed by atoms with van der Waals surface area (Å²) >= 11 is 0. The molecule has 0 aromatic carbocycles. The number of nitrogen functional groups attached to an aromatic ring is 1. The first-order valence-electron chi connectivity index (χ1n) is 7.46. The Morgan fingerprint density at radius 2 is 2.10 bits per heavy atom. The van der Waals surface area contributed by atoms with E-state index in [1.807, 2.05) is 0 Å². The van der Waals surface area contributed by atoms with Crippen LogP contribution in [-0.4, -0.2) is 23.2 Å². The Balaban J connectivity index is 1.89. The molecule has 6 nitrogen and oxygen atoms in total. The lowest BCUT2D eigenvalue weighted by molar-refractivity contribution is 0.0255. The molecule has 2 aliphatic carbocycles. The Labute approximate surface area is 125 Å². The summed E-state index contributed by atoms with van der Waals surface area (Å²) in [5, 5.41) is 0. The molecule has 3 N–H and O–H groups in total. The van der Waals surface area contributed by atoms with Gasteiger partial charge in [-0.2, -0.15) is 4.98 Å². The van der Waals surface area contributed by atoms with Gasteiger partial charge in [0.05, 0.1) is 7.11 Å². The molecule has 1 aromatic rings. The molecule has 3 unspecified atom stereocenters. The van der Waals surface area contributed by atoms with Crippen LogP contribution in [0.2, 0.25) is 0 Å². The number of nitrogens with one attached hydrogen (secondary N) is 1. The van der Waals surface area contributed by atoms with Gasteiger partial charge in [0.2, 0.25) is 5.75 Å². The predicted octanol–water partition coefficient (Wildman–Crippen LogP) is 2.36. The lowest BCUT2D eigenvalue weighted by Crippen LogP contribution is -2.39. The van der Waals surface area contributed by atoms with Crippen LogP contribution < -0.4 is 20.7 Å². The van der Waals surface area contributed by atoms with E-state index in [4.69, 9.17) is 15.3 Å². The van der Waals surface area contributed by atoms with Crippen molar-refractivity contribution >= 4 is 5.82 Å². The lowest BCUT2D eigenvalue weighted by Gasteiger charge is -2.38. The molecule has 2 fully saturated rings. The third-order valence-electron chi connectivity index (χ3n) is 6.08. The van der Waals surface area contributed by atoms with Gasteiger partial charge in [0, 0.05) is 5.41 Å². The van der Waals surface area contributed by atoms with E-state index in [9.17, 15) is 0 Å². The number of anilines is 1. The van der Waals surface area contributed by atoms with E-state index >= 15 is 0 Å². The van der Waals surface area contributed by atoms with Gasteiger partial charge in [0.15, 0.2) is 5.82 Å². The number of rotatable bonds is 4. The maximum absolute atomic E-state index is 6.24. The molecular weight excluding hydrogens is 268 g/mol. The van der Waals surface area contributed by atoms with Crippen molar-refractivity contribution in [2.45, 2.75) is 46.1 Å². The summed E-state index contributed by atoms with van der Waals surface area (Å²) in [5.74, 6) is 7.54. The second-order valence-electron chi connectivity index (χ2n) is 6.92. The monoisotopic (exact) mass is 292 g/mol. The van der Waals surface area contributed by atoms with Gasteiger partial charge in [-0.1, -0.05) is 20.8 Å². The van der Waals surface area contributed by atoms with Crippen LogP contribution in [0.15, 0.2) is 6.33 Å². The fourth-order valence-electron chi connectivity index (χ4n) is 4.17. The normalized spacial score (nSPS) is 33.0. The highest BCUT2D eigenvalue weighted by molar-refractivity contribution is 5.54. The molecule has 0 spiro atoms. The third kappa shape index (κ3) is 1.88. The first kappa shape index (κ1) is 14.4. The van der Waals surface area contributed by atoms with Crippen LogP contribution in [0.3, 0.4) is 0 Å². The zero-order chi connectivity index (χ0) is 15.3. The van der Waals surface area contributed by atoms with E-state index in [0.29, 0.717) is 28.8 Å². The molecular formula is C15H24N4O2. The van der Waals surface area contributed by atoms with Crippen molar-refractivity contribution in [3.05, 3.63) is 6.33 Å². The number of nitrogens with two attached hydrogens (primary N) is 1. The summed E-state index contributed by atoms with van der Waals surface area (Å²) in [6.07, 6.45) is 5.15. The van der Waals surface area contributed by atoms with Gasteiger partial charge in [-0.25, -0.2) is 10.8 Å². The molecule has 2 aliphatic rings. The number of nitrogens with zero attached hydrogens (tertiary/aromatic N) is 2. The molecule has 0 saturated heterocycles. The van der Waals surface area contributed by atoms with E-state index in [2.05, 4.69) is 36.2 Å². The summed E-state index contributed by atoms with van der Waals surface area (Å²) in [6, 6.07) is 0. The van der Waals surface area contributed by atoms with Crippen molar-refractivity contribution in [2.24, 2.45) is 22.6 Å². The van der Waals surface area contributed by atoms with Crippen LogP contribution >= 0.6 is 0 Å². The van der Waals surface area contributed by atoms with Gasteiger partial charge in [0.1, 0.15) is 12.4 Å². The van der Waals surface area contributed by atoms with Crippen molar-refractivity contribution in [3.8, 4) is 11.6 Å². The van der Waals surface area contributed by atoms with Crippen LogP contribution in [-0.2, 0) is 0 Å². The number of hydrogen-bond donors (Lipinski definition) is 2. The molecule has 21 heavy (non-hydrogen) atoms. The quantitative estimate of drug-likeness (QED) is 0.655. The van der Waals surface area contributed by atoms with Gasteiger partial charge in [0.25, 0.3) is 5.88 Å². The molecule has 3 atom stereocenters. The molecule has 3 rings (SSSR count). The maximum Gasteiger partial charge on any atom is 0.262 e. The van der Waals surface area contributed by atoms with Crippen molar-refractivity contribution in [1.82, 2.24) is 9.97 Å². The Hall–Kier alpha value is -1.56. The third-order valence-corrected chi connectivity index (χ3v) is 6.08. The predicted molar refractivity (Wildman–Crippen MR) is 80.0 cm³/mol. The minimum atomic E-state index is 0.153. The summed E-state index contributed by atoms with van der Waals surface area (Å²) in [6.45, 7) is 7.05. The first-order chi connectivity index (χ1) is 9.94. The number of hydrazine groups is 1. The van der Waals surface area contributed by atoms with Gasteiger partial charge < -0.3 is 14.9 Å². The Morgan fingerprint density at radius 3 is 2.62 bits per heavy atom. The number of aromatic nitrogens is 2. The van der Waals surface area contributed by atoms with E-state index < -0.39 is 0 Å². The number of ether oxygens (including phenoxy) is 2. The fraction of sp³-hybridized carbons (Fsp3) is 0.733. The van der Waals surface area contributed by atoms with Gasteiger partial charge in [-0.3, -0.25) is 0 Å². The standard InChI is InChI=1S/C15H24N4O2/c1-14(2)9-5-6-15(14,3)10(7-9)21-13-11(20-4)12(19-16)17-8-18-13/h8-10H,5-7,16H2,1-4H3,(H,17,18,19). The number of methoxy groups -OCH3 is 1. The van der Waals surface area contributed by atoms with E-state index in [-0.39, 0.29) is 11.5 Å². The average Bonchev–Trinajstić information content (AvgIpc) is 2.80. The summed E-state index contributed by atoms with van der Waals surface area (Å²) in [4.78, 5) is 8.28. The largest absolute Gasteiger partial charge is 0.489 e. The topological polar surface area (TPSA) is 82.3 Å². The van der Waals surface area contributed by atoms with Gasteiger partial charge in [-0.05, 0) is 30.6 Å². The molecule has 0 amide bonds. The second-order valence-corrected chi connectivity index (χ2v) is 6.92. The first-order valence-corrected chi connectivity index (χ1v) is 7.46. The average molecular weight is 292 g/mol. The highest BCUT2D eigenvalue weighted by atomic mass is 16.5. The molecule has 2 saturated carbocycles. The minimum absolute atomic E-state index is 0.153. The van der Waals surface area contributed by atoms with Crippen LogP contribution in [0, 0.1) is 16.7 Å². The minimum Gasteiger partial charge on any atom is -0.489 e. The van der Waals surface area contributed by atoms with Crippen LogP contribution in [0.4, 0.5) is 5.82 Å². The lowest BCUT2D eigenvalue weighted by atomic mass is 9.70. The molecule has 1 aromatic heterocycles. The van der Waals surface area contributed by atoms with Gasteiger partial charge >= 0.3 is 0 Å². The Morgan fingerprint density at radius 1 is 1.33 bits per heavy atom. The Bertz CT molecular complexity index is 548. The van der Waals surface area contributed by atoms with Gasteiger partial charge in [-0.15, -0.1) is 0 Å². The van der Waals surface area contributed by atoms with Crippen molar-refractivity contribution in [3.63, 3.8) is 0 Å². The van der Waals surface area contributed by atoms with Crippen LogP contribution in [0.5, 0.6) is 11.6 Å². The SMILES string of the molecule is COc1c(NN)ncnc1OC1CC2CCC1(C)C2(C)C. The summed E-state index contributed by atoms with van der Waals surface area (Å²) in [7, 11) is 1.57. The van der Waals surface area contributed by atoms with E-state index in [1.54, 1.807) is 7.11 Å². The smallest absolute Gasteiger partial charge is 0.262 e. The fourth-order valence-corrected chi connectivity index (χ4v) is 4.17. The molecule has 6 heteroatoms. The zero-order valence-electron chi connectivity index (χ0n) is 13.1. The van der Waals surface area contributed by atoms with Crippen LogP contribution in [0.1, 0.15) is 40.0 Å². The van der Waals surface area contributed by atoms with Crippen molar-refractivity contribution in [2.75, 3.05) is 12.5 Å². The summed E-state index contributed by atoms with van der Waals surface area (Å²) in [5.41, 5.74) is 2.98. The Kier molecular flexibility index (Phi) is 3.24. The molecule has 0 aliphatic heterocycles. The van der Waals surface area contributed by atoms with E-state index in [1.165, 1.54) is 19.2 Å². The second kappa shape index (κ2) is 4.73. The molecule has 1 heterocycles. The maximum atomic E-state index is 6.24. The number of hydrogen-bond acceptors (Lipinski definition) is 6. The molecule has 0 radical (unpaired) electrons. The van der Waals surface area contributed by atoms with E-state index in [0.717, 1.165) is 6.42 Å². The highest BCUT2D eigenvalue weighted by Gasteiger charge is 2.62. The van der Waals surface area contributed by atoms with Crippen molar-refractivity contribution in [1.29, 1.82) is 0 Å².